The first-order chi connectivity index (χ1) is 15.1. The number of pyridine rings is 1. The molecule has 2 aliphatic rings. The van der Waals surface area contributed by atoms with Crippen LogP contribution >= 0.6 is 0 Å². The van der Waals surface area contributed by atoms with E-state index in [0.29, 0.717) is 18.2 Å². The zero-order valence-corrected chi connectivity index (χ0v) is 18.9. The van der Waals surface area contributed by atoms with Gasteiger partial charge in [0.2, 0.25) is 12.4 Å². The predicted octanol–water partition coefficient (Wildman–Crippen LogP) is 2.40. The van der Waals surface area contributed by atoms with Gasteiger partial charge in [0.05, 0.1) is 0 Å². The van der Waals surface area contributed by atoms with Crippen LogP contribution in [0, 0.1) is 5.92 Å². The normalized spacial score (nSPS) is 18.7. The van der Waals surface area contributed by atoms with E-state index in [-0.39, 0.29) is 36.3 Å². The van der Waals surface area contributed by atoms with Gasteiger partial charge in [-0.15, -0.1) is 0 Å². The van der Waals surface area contributed by atoms with Crippen molar-refractivity contribution in [2.45, 2.75) is 64.3 Å². The minimum absolute atomic E-state index is 0.0211. The SMILES string of the molecule is CC1CCCC1.NS(=O)(=O)N1CCC(Nc2ncc3cc(CC(F)F)c(=O)[nH]c3n2)CC1. The Kier molecular flexibility index (Phi) is 8.12. The Morgan fingerprint density at radius 1 is 1.25 bits per heavy atom. The minimum atomic E-state index is -3.69. The summed E-state index contributed by atoms with van der Waals surface area (Å²) >= 11 is 0. The maximum Gasteiger partial charge on any atom is 0.276 e. The molecule has 0 unspecified atom stereocenters. The molecular formula is C20H30F2N6O3S. The number of piperidine rings is 1. The highest BCUT2D eigenvalue weighted by Gasteiger charge is 2.25. The lowest BCUT2D eigenvalue weighted by atomic mass is 10.1. The van der Waals surface area contributed by atoms with Crippen LogP contribution in [-0.2, 0) is 16.6 Å². The van der Waals surface area contributed by atoms with Crippen LogP contribution in [0.1, 0.15) is 51.0 Å². The van der Waals surface area contributed by atoms with Crippen molar-refractivity contribution in [2.24, 2.45) is 11.1 Å². The first-order valence-electron chi connectivity index (χ1n) is 10.8. The summed E-state index contributed by atoms with van der Waals surface area (Å²) in [4.78, 5) is 22.7. The Labute approximate surface area is 186 Å². The number of aromatic nitrogens is 3. The standard InChI is InChI=1S/C14H18F2N6O3S.C6H12/c15-11(16)6-8-5-9-7-18-14(21-12(9)20-13(8)23)19-10-1-3-22(4-2-10)26(17,24)25;1-6-4-2-3-5-6/h5,7,10-11H,1-4,6H2,(H2,17,24,25)(H2,18,19,20,21,23);6H,2-5H2,1H3. The van der Waals surface area contributed by atoms with Crippen LogP contribution in [0.15, 0.2) is 17.1 Å². The zero-order valence-electron chi connectivity index (χ0n) is 18.1. The third kappa shape index (κ3) is 6.91. The van der Waals surface area contributed by atoms with E-state index in [1.165, 1.54) is 42.3 Å². The second-order valence-electron chi connectivity index (χ2n) is 8.47. The molecule has 1 aliphatic heterocycles. The monoisotopic (exact) mass is 472 g/mol. The van der Waals surface area contributed by atoms with Crippen molar-refractivity contribution in [2.75, 3.05) is 18.4 Å². The van der Waals surface area contributed by atoms with Gasteiger partial charge < -0.3 is 10.3 Å². The number of alkyl halides is 2. The molecule has 1 aliphatic carbocycles. The average molecular weight is 473 g/mol. The fourth-order valence-electron chi connectivity index (χ4n) is 3.99. The number of rotatable bonds is 5. The van der Waals surface area contributed by atoms with Gasteiger partial charge in [0.15, 0.2) is 0 Å². The van der Waals surface area contributed by atoms with Crippen LogP contribution in [0.25, 0.3) is 11.0 Å². The molecule has 32 heavy (non-hydrogen) atoms. The lowest BCUT2D eigenvalue weighted by Gasteiger charge is -2.30. The summed E-state index contributed by atoms with van der Waals surface area (Å²) in [5.74, 6) is 1.31. The molecule has 3 heterocycles. The summed E-state index contributed by atoms with van der Waals surface area (Å²) in [6.07, 6.45) is 5.20. The molecule has 4 N–H and O–H groups in total. The fraction of sp³-hybridized carbons (Fsp3) is 0.650. The van der Waals surface area contributed by atoms with Gasteiger partial charge >= 0.3 is 0 Å². The summed E-state index contributed by atoms with van der Waals surface area (Å²) in [6, 6.07) is 1.31. The molecule has 1 saturated heterocycles. The second kappa shape index (κ2) is 10.6. The van der Waals surface area contributed by atoms with Gasteiger partial charge in [-0.2, -0.15) is 17.7 Å². The van der Waals surface area contributed by atoms with Crippen molar-refractivity contribution < 1.29 is 17.2 Å². The van der Waals surface area contributed by atoms with Crippen LogP contribution < -0.4 is 16.0 Å². The molecule has 2 fully saturated rings. The third-order valence-electron chi connectivity index (χ3n) is 5.84. The van der Waals surface area contributed by atoms with Gasteiger partial charge in [-0.3, -0.25) is 4.79 Å². The second-order valence-corrected chi connectivity index (χ2v) is 10.0. The highest BCUT2D eigenvalue weighted by molar-refractivity contribution is 7.86. The molecule has 0 atom stereocenters. The number of fused-ring (bicyclic) bond motifs is 1. The molecule has 0 bridgehead atoms. The number of hydrogen-bond acceptors (Lipinski definition) is 6. The fourth-order valence-corrected chi connectivity index (χ4v) is 4.71. The molecule has 0 radical (unpaired) electrons. The van der Waals surface area contributed by atoms with E-state index in [1.54, 1.807) is 0 Å². The van der Waals surface area contributed by atoms with Gasteiger partial charge in [0.1, 0.15) is 5.65 Å². The number of H-pyrrole nitrogens is 1. The van der Waals surface area contributed by atoms with Gasteiger partial charge in [-0.25, -0.2) is 18.9 Å². The number of anilines is 1. The Bertz CT molecular complexity index is 1060. The topological polar surface area (TPSA) is 134 Å². The van der Waals surface area contributed by atoms with E-state index >= 15 is 0 Å². The number of hydrogen-bond donors (Lipinski definition) is 3. The Morgan fingerprint density at radius 2 is 1.91 bits per heavy atom. The average Bonchev–Trinajstić information content (AvgIpc) is 3.19. The summed E-state index contributed by atoms with van der Waals surface area (Å²) < 4.78 is 48.8. The summed E-state index contributed by atoms with van der Waals surface area (Å²) in [5.41, 5.74) is -0.386. The number of nitrogens with two attached hydrogens (primary N) is 1. The van der Waals surface area contributed by atoms with Crippen LogP contribution in [0.3, 0.4) is 0 Å². The molecule has 0 aromatic carbocycles. The van der Waals surface area contributed by atoms with Gasteiger partial charge in [0.25, 0.3) is 15.8 Å². The molecule has 2 aromatic heterocycles. The first kappa shape index (κ1) is 24.5. The Hall–Kier alpha value is -2.18. The van der Waals surface area contributed by atoms with E-state index in [9.17, 15) is 22.0 Å². The van der Waals surface area contributed by atoms with Crippen LogP contribution in [0.5, 0.6) is 0 Å². The van der Waals surface area contributed by atoms with Gasteiger partial charge in [0, 0.05) is 42.7 Å². The quantitative estimate of drug-likeness (QED) is 0.612. The Balaban J connectivity index is 0.000000416. The highest BCUT2D eigenvalue weighted by Crippen LogP contribution is 2.23. The molecule has 9 nitrogen and oxygen atoms in total. The number of nitrogens with one attached hydrogen (secondary N) is 2. The molecule has 12 heteroatoms. The largest absolute Gasteiger partial charge is 0.351 e. The van der Waals surface area contributed by atoms with Gasteiger partial charge in [-0.05, 0) is 24.8 Å². The molecule has 4 rings (SSSR count). The van der Waals surface area contributed by atoms with E-state index in [1.807, 2.05) is 0 Å². The van der Waals surface area contributed by atoms with Crippen molar-refractivity contribution in [1.29, 1.82) is 0 Å². The number of aromatic amines is 1. The highest BCUT2D eigenvalue weighted by atomic mass is 32.2. The maximum absolute atomic E-state index is 12.5. The number of halogens is 2. The number of nitrogens with zero attached hydrogens (tertiary/aromatic N) is 3. The summed E-state index contributed by atoms with van der Waals surface area (Å²) in [5, 5.41) is 8.64. The van der Waals surface area contributed by atoms with Crippen LogP contribution in [-0.4, -0.2) is 53.2 Å². The summed E-state index contributed by atoms with van der Waals surface area (Å²) in [6.45, 7) is 2.92. The first-order valence-corrected chi connectivity index (χ1v) is 12.3. The molecule has 178 valence electrons. The predicted molar refractivity (Wildman–Crippen MR) is 119 cm³/mol. The molecule has 0 spiro atoms. The van der Waals surface area contributed by atoms with Crippen molar-refractivity contribution >= 4 is 27.2 Å². The lowest BCUT2D eigenvalue weighted by molar-refractivity contribution is 0.148. The van der Waals surface area contributed by atoms with Crippen molar-refractivity contribution in [3.63, 3.8) is 0 Å². The van der Waals surface area contributed by atoms with Gasteiger partial charge in [-0.1, -0.05) is 32.6 Å². The van der Waals surface area contributed by atoms with E-state index in [2.05, 4.69) is 27.2 Å². The maximum atomic E-state index is 12.5. The van der Waals surface area contributed by atoms with E-state index < -0.39 is 28.6 Å². The van der Waals surface area contributed by atoms with Crippen molar-refractivity contribution in [3.05, 3.63) is 28.2 Å². The summed E-state index contributed by atoms with van der Waals surface area (Å²) in [7, 11) is -3.69. The van der Waals surface area contributed by atoms with E-state index in [4.69, 9.17) is 5.14 Å². The molecule has 0 amide bonds. The lowest BCUT2D eigenvalue weighted by Crippen LogP contribution is -2.45. The third-order valence-corrected chi connectivity index (χ3v) is 6.92. The van der Waals surface area contributed by atoms with Crippen molar-refractivity contribution in [1.82, 2.24) is 19.3 Å². The molecule has 2 aromatic rings. The van der Waals surface area contributed by atoms with Crippen LogP contribution in [0.4, 0.5) is 14.7 Å². The van der Waals surface area contributed by atoms with Crippen LogP contribution in [0.2, 0.25) is 0 Å². The molecule has 1 saturated carbocycles. The van der Waals surface area contributed by atoms with Crippen molar-refractivity contribution in [3.8, 4) is 0 Å². The molecular weight excluding hydrogens is 442 g/mol. The minimum Gasteiger partial charge on any atom is -0.351 e. The Morgan fingerprint density at radius 3 is 2.44 bits per heavy atom. The zero-order chi connectivity index (χ0) is 23.3. The van der Waals surface area contributed by atoms with E-state index in [0.717, 1.165) is 5.92 Å². The smallest absolute Gasteiger partial charge is 0.276 e.